The molecule has 0 fully saturated rings. The maximum absolute atomic E-state index is 14.0. The van der Waals surface area contributed by atoms with E-state index >= 15 is 0 Å². The van der Waals surface area contributed by atoms with Gasteiger partial charge in [-0.05, 0) is 61.0 Å². The summed E-state index contributed by atoms with van der Waals surface area (Å²) in [4.78, 5) is 44.3. The van der Waals surface area contributed by atoms with Crippen LogP contribution in [0.3, 0.4) is 0 Å². The van der Waals surface area contributed by atoms with E-state index in [0.717, 1.165) is 4.57 Å². The molecule has 3 aromatic carbocycles. The molecule has 2 atom stereocenters. The van der Waals surface area contributed by atoms with Crippen molar-refractivity contribution in [3.05, 3.63) is 115 Å². The van der Waals surface area contributed by atoms with Crippen LogP contribution < -0.4 is 17.0 Å². The minimum atomic E-state index is -1.37. The van der Waals surface area contributed by atoms with Crippen molar-refractivity contribution in [2.75, 3.05) is 6.61 Å². The van der Waals surface area contributed by atoms with Gasteiger partial charge in [0.2, 0.25) is 5.91 Å². The second-order valence-corrected chi connectivity index (χ2v) is 10.3. The van der Waals surface area contributed by atoms with E-state index in [4.69, 9.17) is 33.9 Å². The highest BCUT2D eigenvalue weighted by Gasteiger charge is 2.27. The fourth-order valence-corrected chi connectivity index (χ4v) is 5.07. The smallest absolute Gasteiger partial charge is 0.333 e. The van der Waals surface area contributed by atoms with E-state index < -0.39 is 42.5 Å². The van der Waals surface area contributed by atoms with Gasteiger partial charge in [0.05, 0.1) is 30.3 Å². The SMILES string of the molecule is CC(c1ccc(C(N)=O)cc1)n1c(=O)n(CC(O)CO)c(=O)c2c1nc(-c1ccccc1Cl)n2-c1ccc(Cl)cc1. The van der Waals surface area contributed by atoms with Crippen molar-refractivity contribution in [2.24, 2.45) is 5.73 Å². The van der Waals surface area contributed by atoms with Gasteiger partial charge in [-0.15, -0.1) is 0 Å². The molecule has 0 saturated carbocycles. The summed E-state index contributed by atoms with van der Waals surface area (Å²) in [5.41, 5.74) is 6.02. The first-order valence-corrected chi connectivity index (χ1v) is 13.3. The first-order valence-electron chi connectivity index (χ1n) is 12.6. The minimum absolute atomic E-state index is 0.0487. The normalized spacial score (nSPS) is 12.9. The molecule has 0 radical (unpaired) electrons. The molecule has 0 aliphatic carbocycles. The number of hydrogen-bond donors (Lipinski definition) is 3. The number of carbonyl (C=O) groups excluding carboxylic acids is 1. The highest BCUT2D eigenvalue weighted by atomic mass is 35.5. The lowest BCUT2D eigenvalue weighted by atomic mass is 10.1. The van der Waals surface area contributed by atoms with Crippen molar-refractivity contribution >= 4 is 40.3 Å². The van der Waals surface area contributed by atoms with E-state index in [2.05, 4.69) is 0 Å². The molecule has 0 saturated heterocycles. The molecule has 5 aromatic rings. The highest BCUT2D eigenvalue weighted by molar-refractivity contribution is 6.33. The predicted molar refractivity (Wildman–Crippen MR) is 157 cm³/mol. The van der Waals surface area contributed by atoms with Crippen LogP contribution in [0.4, 0.5) is 0 Å². The molecule has 0 aliphatic heterocycles. The maximum Gasteiger partial charge on any atom is 0.333 e. The number of aliphatic hydroxyl groups is 2. The zero-order chi connectivity index (χ0) is 29.4. The molecule has 41 heavy (non-hydrogen) atoms. The molecule has 0 bridgehead atoms. The van der Waals surface area contributed by atoms with Gasteiger partial charge in [-0.1, -0.05) is 47.5 Å². The van der Waals surface area contributed by atoms with E-state index in [-0.39, 0.29) is 11.2 Å². The third kappa shape index (κ3) is 5.18. The zero-order valence-electron chi connectivity index (χ0n) is 21.7. The number of primary amides is 1. The topological polar surface area (TPSA) is 145 Å². The number of hydrogen-bond acceptors (Lipinski definition) is 6. The average Bonchev–Trinajstić information content (AvgIpc) is 3.35. The van der Waals surface area contributed by atoms with Crippen LogP contribution in [0.2, 0.25) is 10.0 Å². The van der Waals surface area contributed by atoms with Crippen LogP contribution in [0.25, 0.3) is 28.2 Å². The molecule has 0 aliphatic rings. The van der Waals surface area contributed by atoms with Crippen LogP contribution in [0, 0.1) is 0 Å². The molecule has 1 amide bonds. The Balaban J connectivity index is 1.91. The summed E-state index contributed by atoms with van der Waals surface area (Å²) >= 11 is 12.7. The summed E-state index contributed by atoms with van der Waals surface area (Å²) in [7, 11) is 0. The standard InChI is InChI=1S/C29H25Cl2N5O5/c1-16(17-6-8-18(9-7-17)25(32)39)35-27-24(28(40)34(29(35)41)14-21(38)15-37)36(20-12-10-19(30)11-13-20)26(33-27)22-4-2-3-5-23(22)31/h2-13,16,21,37-38H,14-15H2,1H3,(H2,32,39). The van der Waals surface area contributed by atoms with Crippen molar-refractivity contribution in [3.63, 3.8) is 0 Å². The quantitative estimate of drug-likeness (QED) is 0.251. The molecule has 4 N–H and O–H groups in total. The van der Waals surface area contributed by atoms with Gasteiger partial charge in [-0.2, -0.15) is 0 Å². The second-order valence-electron chi connectivity index (χ2n) is 9.47. The Bertz CT molecular complexity index is 1880. The molecule has 12 heteroatoms. The lowest BCUT2D eigenvalue weighted by Gasteiger charge is -2.19. The van der Waals surface area contributed by atoms with Crippen molar-refractivity contribution in [2.45, 2.75) is 25.6 Å². The fraction of sp³-hybridized carbons (Fsp3) is 0.172. The Hall–Kier alpha value is -4.22. The molecule has 2 unspecified atom stereocenters. The lowest BCUT2D eigenvalue weighted by Crippen LogP contribution is -2.44. The molecule has 2 aromatic heterocycles. The van der Waals surface area contributed by atoms with Crippen LogP contribution in [-0.4, -0.2) is 47.5 Å². The number of aromatic nitrogens is 4. The van der Waals surface area contributed by atoms with Gasteiger partial charge in [0.15, 0.2) is 11.2 Å². The first kappa shape index (κ1) is 28.3. The van der Waals surface area contributed by atoms with Crippen LogP contribution >= 0.6 is 23.2 Å². The Labute approximate surface area is 243 Å². The Morgan fingerprint density at radius 1 is 1.00 bits per heavy atom. The maximum atomic E-state index is 14.0. The Morgan fingerprint density at radius 2 is 1.66 bits per heavy atom. The van der Waals surface area contributed by atoms with Crippen molar-refractivity contribution < 1.29 is 15.0 Å². The molecule has 5 rings (SSSR count). The van der Waals surface area contributed by atoms with Crippen LogP contribution in [0.15, 0.2) is 82.4 Å². The third-order valence-electron chi connectivity index (χ3n) is 6.84. The molecular formula is C29H25Cl2N5O5. The summed E-state index contributed by atoms with van der Waals surface area (Å²) in [6.07, 6.45) is -1.37. The molecule has 210 valence electrons. The van der Waals surface area contributed by atoms with Crippen LogP contribution in [0.1, 0.15) is 28.9 Å². The first-order chi connectivity index (χ1) is 19.6. The van der Waals surface area contributed by atoms with E-state index in [9.17, 15) is 24.6 Å². The Kier molecular flexibility index (Phi) is 7.83. The summed E-state index contributed by atoms with van der Waals surface area (Å²) in [6, 6.07) is 19.4. The number of imidazole rings is 1. The summed E-state index contributed by atoms with van der Waals surface area (Å²) in [5.74, 6) is -0.295. The van der Waals surface area contributed by atoms with Gasteiger partial charge in [0.25, 0.3) is 5.56 Å². The Morgan fingerprint density at radius 3 is 2.27 bits per heavy atom. The number of halogens is 2. The van der Waals surface area contributed by atoms with Gasteiger partial charge in [0, 0.05) is 21.8 Å². The van der Waals surface area contributed by atoms with Gasteiger partial charge in [-0.3, -0.25) is 23.3 Å². The number of nitrogens with two attached hydrogens (primary N) is 1. The number of aliphatic hydroxyl groups excluding tert-OH is 2. The van der Waals surface area contributed by atoms with E-state index in [1.165, 1.54) is 4.57 Å². The van der Waals surface area contributed by atoms with Crippen LogP contribution in [-0.2, 0) is 6.54 Å². The zero-order valence-corrected chi connectivity index (χ0v) is 23.3. The van der Waals surface area contributed by atoms with E-state index in [1.807, 2.05) is 0 Å². The van der Waals surface area contributed by atoms with Crippen molar-refractivity contribution in [1.29, 1.82) is 0 Å². The molecule has 2 heterocycles. The minimum Gasteiger partial charge on any atom is -0.394 e. The molecule has 10 nitrogen and oxygen atoms in total. The van der Waals surface area contributed by atoms with E-state index in [0.29, 0.717) is 38.2 Å². The summed E-state index contributed by atoms with van der Waals surface area (Å²) < 4.78 is 3.81. The fourth-order valence-electron chi connectivity index (χ4n) is 4.72. The monoisotopic (exact) mass is 593 g/mol. The molecule has 0 spiro atoms. The van der Waals surface area contributed by atoms with E-state index in [1.54, 1.807) is 84.3 Å². The average molecular weight is 594 g/mol. The second kappa shape index (κ2) is 11.3. The van der Waals surface area contributed by atoms with Crippen molar-refractivity contribution in [1.82, 2.24) is 18.7 Å². The number of rotatable bonds is 8. The molecular weight excluding hydrogens is 569 g/mol. The van der Waals surface area contributed by atoms with Gasteiger partial charge in [0.1, 0.15) is 5.82 Å². The predicted octanol–water partition coefficient (Wildman–Crippen LogP) is 3.38. The number of carbonyl (C=O) groups is 1. The van der Waals surface area contributed by atoms with Gasteiger partial charge >= 0.3 is 5.69 Å². The van der Waals surface area contributed by atoms with Gasteiger partial charge < -0.3 is 15.9 Å². The number of nitrogens with zero attached hydrogens (tertiary/aromatic N) is 4. The number of benzene rings is 3. The number of fused-ring (bicyclic) bond motifs is 1. The summed E-state index contributed by atoms with van der Waals surface area (Å²) in [6.45, 7) is 0.633. The number of amides is 1. The third-order valence-corrected chi connectivity index (χ3v) is 7.42. The highest BCUT2D eigenvalue weighted by Crippen LogP contribution is 2.33. The van der Waals surface area contributed by atoms with Gasteiger partial charge in [-0.25, -0.2) is 9.78 Å². The lowest BCUT2D eigenvalue weighted by molar-refractivity contribution is 0.0790. The largest absolute Gasteiger partial charge is 0.394 e. The van der Waals surface area contributed by atoms with Crippen molar-refractivity contribution in [3.8, 4) is 17.1 Å². The summed E-state index contributed by atoms with van der Waals surface area (Å²) in [5, 5.41) is 20.6. The van der Waals surface area contributed by atoms with Crippen LogP contribution in [0.5, 0.6) is 0 Å².